The van der Waals surface area contributed by atoms with Crippen LogP contribution in [0.25, 0.3) is 0 Å². The van der Waals surface area contributed by atoms with Gasteiger partial charge < -0.3 is 10.6 Å². The van der Waals surface area contributed by atoms with E-state index in [1.807, 2.05) is 0 Å². The Hall–Kier alpha value is -1.10. The third kappa shape index (κ3) is 9.55. The number of nitrogens with one attached hydrogen (secondary N) is 2. The summed E-state index contributed by atoms with van der Waals surface area (Å²) < 4.78 is -3.76. The molecule has 2 amide bonds. The van der Waals surface area contributed by atoms with Crippen molar-refractivity contribution in [1.82, 2.24) is 20.6 Å². The first-order chi connectivity index (χ1) is 17.3. The van der Waals surface area contributed by atoms with E-state index in [2.05, 4.69) is 20.6 Å². The third-order valence-electron chi connectivity index (χ3n) is 4.46. The highest BCUT2D eigenvalue weighted by Gasteiger charge is 2.37. The number of aryl methyl sites for hydroxylation is 1. The molecular formula is C23H18Cl6N4O2S2. The maximum Gasteiger partial charge on any atom is 0.252 e. The largest absolute Gasteiger partial charge is 0.336 e. The van der Waals surface area contributed by atoms with Crippen molar-refractivity contribution in [2.75, 3.05) is 0 Å². The van der Waals surface area contributed by atoms with Crippen molar-refractivity contribution >= 4 is 105 Å². The summed E-state index contributed by atoms with van der Waals surface area (Å²) in [5.74, 6) is -0.865. The summed E-state index contributed by atoms with van der Waals surface area (Å²) in [5, 5.41) is 3.95. The molecule has 14 heteroatoms. The lowest BCUT2D eigenvalue weighted by atomic mass is 10.2. The van der Waals surface area contributed by atoms with E-state index in [-0.39, 0.29) is 5.16 Å². The molecule has 0 fully saturated rings. The number of nitrogens with zero attached hydrogens (tertiary/aromatic N) is 2. The van der Waals surface area contributed by atoms with Crippen molar-refractivity contribution in [3.05, 3.63) is 83.6 Å². The second kappa shape index (κ2) is 13.3. The maximum atomic E-state index is 12.7. The van der Waals surface area contributed by atoms with Crippen LogP contribution in [0.3, 0.4) is 0 Å². The predicted octanol–water partition coefficient (Wildman–Crippen LogP) is 7.22. The molecule has 0 saturated carbocycles. The minimum absolute atomic E-state index is 0.199. The van der Waals surface area contributed by atoms with Gasteiger partial charge in [0.15, 0.2) is 5.16 Å². The van der Waals surface area contributed by atoms with E-state index in [0.29, 0.717) is 21.8 Å². The Morgan fingerprint density at radius 1 is 0.730 bits per heavy atom. The van der Waals surface area contributed by atoms with Crippen molar-refractivity contribution in [2.45, 2.75) is 35.4 Å². The molecule has 1 heterocycles. The zero-order chi connectivity index (χ0) is 27.2. The smallest absolute Gasteiger partial charge is 0.252 e. The van der Waals surface area contributed by atoms with E-state index in [0.717, 1.165) is 23.5 Å². The van der Waals surface area contributed by atoms with Crippen LogP contribution in [-0.2, 0) is 0 Å². The number of alkyl halides is 6. The fraction of sp³-hybridized carbons (Fsp3) is 0.217. The molecule has 37 heavy (non-hydrogen) atoms. The highest BCUT2D eigenvalue weighted by molar-refractivity contribution is 8.00. The Morgan fingerprint density at radius 3 is 1.59 bits per heavy atom. The minimum atomic E-state index is -1.89. The molecule has 0 radical (unpaired) electrons. The van der Waals surface area contributed by atoms with Gasteiger partial charge in [0, 0.05) is 16.8 Å². The minimum Gasteiger partial charge on any atom is -0.336 e. The van der Waals surface area contributed by atoms with E-state index < -0.39 is 30.1 Å². The molecular weight excluding hydrogens is 641 g/mol. The van der Waals surface area contributed by atoms with Gasteiger partial charge in [0.05, 0.1) is 0 Å². The number of aromatic nitrogens is 2. The number of thioether (sulfide) groups is 2. The number of carbonyl (C=O) groups excluding carboxylic acids is 2. The van der Waals surface area contributed by atoms with Gasteiger partial charge in [0.25, 0.3) is 11.8 Å². The van der Waals surface area contributed by atoms with Gasteiger partial charge in [-0.3, -0.25) is 9.59 Å². The van der Waals surface area contributed by atoms with Crippen LogP contribution in [0.1, 0.15) is 26.4 Å². The number of benzene rings is 2. The lowest BCUT2D eigenvalue weighted by molar-refractivity contribution is 0.0942. The van der Waals surface area contributed by atoms with Crippen molar-refractivity contribution in [3.63, 3.8) is 0 Å². The number of halogens is 6. The highest BCUT2D eigenvalue weighted by atomic mass is 35.6. The van der Waals surface area contributed by atoms with Gasteiger partial charge in [-0.15, -0.1) is 0 Å². The van der Waals surface area contributed by atoms with Gasteiger partial charge in [-0.2, -0.15) is 0 Å². The summed E-state index contributed by atoms with van der Waals surface area (Å²) >= 11 is 38.9. The zero-order valence-electron chi connectivity index (χ0n) is 18.8. The summed E-state index contributed by atoms with van der Waals surface area (Å²) in [6.45, 7) is 1.73. The molecule has 0 spiro atoms. The Kier molecular flexibility index (Phi) is 10.9. The Labute approximate surface area is 252 Å². The average Bonchev–Trinajstić information content (AvgIpc) is 2.82. The molecule has 0 aliphatic heterocycles. The van der Waals surface area contributed by atoms with Crippen LogP contribution in [0, 0.1) is 6.92 Å². The van der Waals surface area contributed by atoms with E-state index in [1.54, 1.807) is 73.7 Å². The Morgan fingerprint density at radius 2 is 1.16 bits per heavy atom. The summed E-state index contributed by atoms with van der Waals surface area (Å²) in [6, 6.07) is 18.6. The van der Waals surface area contributed by atoms with Crippen LogP contribution in [0.5, 0.6) is 0 Å². The second-order valence-electron chi connectivity index (χ2n) is 7.39. The SMILES string of the molecule is Cc1cc(SC(NC(=O)c2ccccc2)C(Cl)(Cl)Cl)nc(SC(NC(=O)c2ccccc2)C(Cl)(Cl)Cl)n1. The number of hydrogen-bond acceptors (Lipinski definition) is 6. The molecule has 196 valence electrons. The fourth-order valence-electron chi connectivity index (χ4n) is 2.79. The number of amides is 2. The summed E-state index contributed by atoms with van der Waals surface area (Å²) in [6.07, 6.45) is 0. The molecule has 2 unspecified atom stereocenters. The summed E-state index contributed by atoms with van der Waals surface area (Å²) in [7, 11) is 0. The molecule has 2 N–H and O–H groups in total. The zero-order valence-corrected chi connectivity index (χ0v) is 25.0. The molecule has 0 bridgehead atoms. The van der Waals surface area contributed by atoms with Crippen molar-refractivity contribution in [2.24, 2.45) is 0 Å². The van der Waals surface area contributed by atoms with Crippen LogP contribution < -0.4 is 10.6 Å². The molecule has 2 aromatic carbocycles. The van der Waals surface area contributed by atoms with E-state index >= 15 is 0 Å². The number of rotatable bonds is 8. The molecule has 3 aromatic rings. The van der Waals surface area contributed by atoms with E-state index in [4.69, 9.17) is 69.6 Å². The van der Waals surface area contributed by atoms with Crippen LogP contribution in [0.15, 0.2) is 76.9 Å². The second-order valence-corrected chi connectivity index (χ2v) is 14.3. The van der Waals surface area contributed by atoms with Crippen LogP contribution in [-0.4, -0.2) is 40.1 Å². The molecule has 1 aromatic heterocycles. The van der Waals surface area contributed by atoms with Gasteiger partial charge in [-0.05, 0) is 37.3 Å². The first-order valence-corrected chi connectivity index (χ1v) is 14.4. The van der Waals surface area contributed by atoms with Gasteiger partial charge in [0.1, 0.15) is 15.8 Å². The van der Waals surface area contributed by atoms with Crippen molar-refractivity contribution in [1.29, 1.82) is 0 Å². The Bertz CT molecular complexity index is 1140. The molecule has 0 aliphatic rings. The molecule has 6 nitrogen and oxygen atoms in total. The lowest BCUT2D eigenvalue weighted by Crippen LogP contribution is -2.41. The number of hydrogen-bond donors (Lipinski definition) is 2. The lowest BCUT2D eigenvalue weighted by Gasteiger charge is -2.26. The average molecular weight is 659 g/mol. The quantitative estimate of drug-likeness (QED) is 0.0874. The van der Waals surface area contributed by atoms with Crippen LogP contribution >= 0.6 is 93.1 Å². The van der Waals surface area contributed by atoms with E-state index in [9.17, 15) is 9.59 Å². The summed E-state index contributed by atoms with van der Waals surface area (Å²) in [4.78, 5) is 34.2. The third-order valence-corrected chi connectivity index (χ3v) is 8.81. The van der Waals surface area contributed by atoms with Gasteiger partial charge in [-0.1, -0.05) is 130 Å². The molecule has 0 aliphatic carbocycles. The summed E-state index contributed by atoms with van der Waals surface area (Å²) in [5.41, 5.74) is 1.36. The molecule has 3 rings (SSSR count). The monoisotopic (exact) mass is 656 g/mol. The Balaban J connectivity index is 1.81. The van der Waals surface area contributed by atoms with Crippen molar-refractivity contribution in [3.8, 4) is 0 Å². The van der Waals surface area contributed by atoms with Gasteiger partial charge in [-0.25, -0.2) is 9.97 Å². The maximum absolute atomic E-state index is 12.7. The first kappa shape index (κ1) is 30.4. The standard InChI is InChI=1S/C23H18Cl6N4O2S2/c1-13-12-16(36-19(22(24,25)26)32-17(34)14-8-4-2-5-9-14)31-21(30-13)37-20(23(27,28)29)33-18(35)15-10-6-3-7-11-15/h2-12,19-20H,1H3,(H,32,34)(H,33,35). The molecule has 2 atom stereocenters. The van der Waals surface area contributed by atoms with Gasteiger partial charge in [0.2, 0.25) is 7.59 Å². The van der Waals surface area contributed by atoms with Crippen LogP contribution in [0.2, 0.25) is 0 Å². The first-order valence-electron chi connectivity index (χ1n) is 10.4. The fourth-order valence-corrected chi connectivity index (χ4v) is 5.76. The predicted molar refractivity (Wildman–Crippen MR) is 154 cm³/mol. The normalized spacial score (nSPS) is 13.5. The van der Waals surface area contributed by atoms with Gasteiger partial charge >= 0.3 is 0 Å². The van der Waals surface area contributed by atoms with Crippen molar-refractivity contribution < 1.29 is 9.59 Å². The molecule has 0 saturated heterocycles. The highest BCUT2D eigenvalue weighted by Crippen LogP contribution is 2.41. The number of carbonyl (C=O) groups is 2. The van der Waals surface area contributed by atoms with Crippen LogP contribution in [0.4, 0.5) is 0 Å². The topological polar surface area (TPSA) is 84.0 Å². The van der Waals surface area contributed by atoms with E-state index in [1.165, 1.54) is 0 Å².